The zero-order valence-electron chi connectivity index (χ0n) is 13.0. The van der Waals surface area contributed by atoms with Crippen molar-refractivity contribution in [1.82, 2.24) is 9.62 Å². The Kier molecular flexibility index (Phi) is 5.24. The fourth-order valence-electron chi connectivity index (χ4n) is 2.81. The molecule has 118 valence electrons. The molecule has 2 N–H and O–H groups in total. The Labute approximate surface area is 127 Å². The van der Waals surface area contributed by atoms with Crippen molar-refractivity contribution in [2.45, 2.75) is 24.7 Å². The lowest BCUT2D eigenvalue weighted by Crippen LogP contribution is -2.35. The van der Waals surface area contributed by atoms with Crippen molar-refractivity contribution in [3.05, 3.63) is 23.8 Å². The third-order valence-corrected chi connectivity index (χ3v) is 5.62. The van der Waals surface area contributed by atoms with Crippen molar-refractivity contribution < 1.29 is 8.42 Å². The van der Waals surface area contributed by atoms with Gasteiger partial charge in [-0.1, -0.05) is 6.07 Å². The van der Waals surface area contributed by atoms with Crippen molar-refractivity contribution in [2.75, 3.05) is 39.0 Å². The van der Waals surface area contributed by atoms with Crippen LogP contribution in [0.5, 0.6) is 0 Å². The molecule has 1 fully saturated rings. The standard InChI is InChI=1S/C15H25N3O2S/c1-12-6-7-14(9-15(12)21(19,20)16-2)17-10-13-5-4-8-18(3)11-13/h6-7,9,13,16-17H,4-5,8,10-11H2,1-3H3. The van der Waals surface area contributed by atoms with E-state index in [0.717, 1.165) is 24.3 Å². The number of benzene rings is 1. The fraction of sp³-hybridized carbons (Fsp3) is 0.600. The lowest BCUT2D eigenvalue weighted by Gasteiger charge is -2.30. The van der Waals surface area contributed by atoms with Crippen LogP contribution in [0.4, 0.5) is 5.69 Å². The Hall–Kier alpha value is -1.11. The molecular formula is C15H25N3O2S. The van der Waals surface area contributed by atoms with Gasteiger partial charge in [0.25, 0.3) is 0 Å². The maximum atomic E-state index is 12.0. The number of nitrogens with zero attached hydrogens (tertiary/aromatic N) is 1. The molecule has 0 amide bonds. The maximum Gasteiger partial charge on any atom is 0.240 e. The molecule has 0 aromatic heterocycles. The van der Waals surface area contributed by atoms with E-state index >= 15 is 0 Å². The van der Waals surface area contributed by atoms with Crippen molar-refractivity contribution >= 4 is 15.7 Å². The number of anilines is 1. The van der Waals surface area contributed by atoms with E-state index in [0.29, 0.717) is 10.8 Å². The lowest BCUT2D eigenvalue weighted by atomic mass is 9.98. The Bertz CT molecular complexity index is 587. The maximum absolute atomic E-state index is 12.0. The molecule has 0 aliphatic carbocycles. The number of nitrogens with one attached hydrogen (secondary N) is 2. The Morgan fingerprint density at radius 3 is 2.81 bits per heavy atom. The minimum absolute atomic E-state index is 0.343. The van der Waals surface area contributed by atoms with Crippen LogP contribution in [0.25, 0.3) is 0 Å². The monoisotopic (exact) mass is 311 g/mol. The van der Waals surface area contributed by atoms with Crippen molar-refractivity contribution in [2.24, 2.45) is 5.92 Å². The number of hydrogen-bond donors (Lipinski definition) is 2. The van der Waals surface area contributed by atoms with Crippen molar-refractivity contribution in [3.63, 3.8) is 0 Å². The van der Waals surface area contributed by atoms with Crippen LogP contribution in [-0.2, 0) is 10.0 Å². The van der Waals surface area contributed by atoms with E-state index in [4.69, 9.17) is 0 Å². The van der Waals surface area contributed by atoms with Gasteiger partial charge in [-0.05, 0) is 64.0 Å². The van der Waals surface area contributed by atoms with Gasteiger partial charge >= 0.3 is 0 Å². The summed E-state index contributed by atoms with van der Waals surface area (Å²) in [6, 6.07) is 5.50. The Morgan fingerprint density at radius 2 is 2.14 bits per heavy atom. The van der Waals surface area contributed by atoms with Crippen LogP contribution in [-0.4, -0.2) is 47.0 Å². The van der Waals surface area contributed by atoms with Gasteiger partial charge in [-0.15, -0.1) is 0 Å². The lowest BCUT2D eigenvalue weighted by molar-refractivity contribution is 0.217. The van der Waals surface area contributed by atoms with Gasteiger partial charge in [-0.25, -0.2) is 13.1 Å². The van der Waals surface area contributed by atoms with Crippen LogP contribution >= 0.6 is 0 Å². The molecule has 2 rings (SSSR count). The van der Waals surface area contributed by atoms with Crippen LogP contribution in [0.15, 0.2) is 23.1 Å². The molecular weight excluding hydrogens is 286 g/mol. The quantitative estimate of drug-likeness (QED) is 0.868. The number of piperidine rings is 1. The van der Waals surface area contributed by atoms with E-state index in [1.54, 1.807) is 6.07 Å². The van der Waals surface area contributed by atoms with Crippen LogP contribution in [0.3, 0.4) is 0 Å². The molecule has 0 radical (unpaired) electrons. The summed E-state index contributed by atoms with van der Waals surface area (Å²) in [7, 11) is 0.184. The molecule has 0 saturated carbocycles. The van der Waals surface area contributed by atoms with E-state index < -0.39 is 10.0 Å². The smallest absolute Gasteiger partial charge is 0.240 e. The molecule has 0 spiro atoms. The zero-order valence-corrected chi connectivity index (χ0v) is 13.8. The van der Waals surface area contributed by atoms with Gasteiger partial charge in [-0.2, -0.15) is 0 Å². The van der Waals surface area contributed by atoms with Crippen LogP contribution in [0.2, 0.25) is 0 Å². The van der Waals surface area contributed by atoms with E-state index in [1.165, 1.54) is 26.4 Å². The summed E-state index contributed by atoms with van der Waals surface area (Å²) in [6.45, 7) is 4.96. The number of rotatable bonds is 5. The number of sulfonamides is 1. The molecule has 1 saturated heterocycles. The van der Waals surface area contributed by atoms with Gasteiger partial charge in [0, 0.05) is 18.8 Å². The first kappa shape index (κ1) is 16.3. The van der Waals surface area contributed by atoms with Crippen LogP contribution < -0.4 is 10.0 Å². The summed E-state index contributed by atoms with van der Waals surface area (Å²) < 4.78 is 26.3. The molecule has 0 bridgehead atoms. The third kappa shape index (κ3) is 4.18. The predicted octanol–water partition coefficient (Wildman–Crippen LogP) is 1.66. The number of aryl methyl sites for hydroxylation is 1. The van der Waals surface area contributed by atoms with E-state index in [2.05, 4.69) is 22.0 Å². The zero-order chi connectivity index (χ0) is 15.5. The van der Waals surface area contributed by atoms with Gasteiger partial charge < -0.3 is 10.2 Å². The second-order valence-electron chi connectivity index (χ2n) is 5.84. The second-order valence-corrected chi connectivity index (χ2v) is 7.69. The first-order chi connectivity index (χ1) is 9.92. The SMILES string of the molecule is CNS(=O)(=O)c1cc(NCC2CCCN(C)C2)ccc1C. The molecule has 6 heteroatoms. The summed E-state index contributed by atoms with van der Waals surface area (Å²) >= 11 is 0. The first-order valence-electron chi connectivity index (χ1n) is 7.39. The number of likely N-dealkylation sites (tertiary alicyclic amines) is 1. The van der Waals surface area contributed by atoms with Crippen LogP contribution in [0.1, 0.15) is 18.4 Å². The topological polar surface area (TPSA) is 61.4 Å². The highest BCUT2D eigenvalue weighted by molar-refractivity contribution is 7.89. The van der Waals surface area contributed by atoms with Gasteiger partial charge in [0.1, 0.15) is 0 Å². The highest BCUT2D eigenvalue weighted by atomic mass is 32.2. The second kappa shape index (κ2) is 6.77. The van der Waals surface area contributed by atoms with E-state index in [1.807, 2.05) is 19.1 Å². The third-order valence-electron chi connectivity index (χ3n) is 4.06. The van der Waals surface area contributed by atoms with Gasteiger partial charge in [0.05, 0.1) is 4.90 Å². The molecule has 1 aliphatic rings. The highest BCUT2D eigenvalue weighted by Crippen LogP contribution is 2.21. The summed E-state index contributed by atoms with van der Waals surface area (Å²) in [4.78, 5) is 2.69. The van der Waals surface area contributed by atoms with E-state index in [-0.39, 0.29) is 0 Å². The predicted molar refractivity (Wildman–Crippen MR) is 86.1 cm³/mol. The van der Waals surface area contributed by atoms with E-state index in [9.17, 15) is 8.42 Å². The minimum atomic E-state index is -3.40. The summed E-state index contributed by atoms with van der Waals surface area (Å²) in [5.41, 5.74) is 1.62. The molecule has 1 aliphatic heterocycles. The highest BCUT2D eigenvalue weighted by Gasteiger charge is 2.18. The Morgan fingerprint density at radius 1 is 1.38 bits per heavy atom. The molecule has 21 heavy (non-hydrogen) atoms. The molecule has 1 aromatic rings. The van der Waals surface area contributed by atoms with Gasteiger partial charge in [0.2, 0.25) is 10.0 Å². The van der Waals surface area contributed by atoms with Crippen molar-refractivity contribution in [3.8, 4) is 0 Å². The largest absolute Gasteiger partial charge is 0.385 e. The minimum Gasteiger partial charge on any atom is -0.385 e. The average molecular weight is 311 g/mol. The summed E-state index contributed by atoms with van der Waals surface area (Å²) in [5.74, 6) is 0.620. The fourth-order valence-corrected chi connectivity index (χ4v) is 3.81. The molecule has 5 nitrogen and oxygen atoms in total. The number of hydrogen-bond acceptors (Lipinski definition) is 4. The molecule has 1 aromatic carbocycles. The molecule has 1 unspecified atom stereocenters. The molecule has 1 atom stereocenters. The van der Waals surface area contributed by atoms with Gasteiger partial charge in [-0.3, -0.25) is 0 Å². The van der Waals surface area contributed by atoms with Gasteiger partial charge in [0.15, 0.2) is 0 Å². The van der Waals surface area contributed by atoms with Crippen molar-refractivity contribution in [1.29, 1.82) is 0 Å². The summed E-state index contributed by atoms with van der Waals surface area (Å²) in [5, 5.41) is 3.38. The molecule has 1 heterocycles. The average Bonchev–Trinajstić information content (AvgIpc) is 2.46. The van der Waals surface area contributed by atoms with Crippen LogP contribution in [0, 0.1) is 12.8 Å². The Balaban J connectivity index is 2.06. The summed E-state index contributed by atoms with van der Waals surface area (Å²) in [6.07, 6.45) is 2.46. The normalized spacial score (nSPS) is 20.4. The first-order valence-corrected chi connectivity index (χ1v) is 8.87.